The Bertz CT molecular complexity index is 540. The van der Waals surface area contributed by atoms with Crippen molar-refractivity contribution in [2.75, 3.05) is 21.3 Å². The number of hydrogen-bond acceptors (Lipinski definition) is 4. The zero-order valence-corrected chi connectivity index (χ0v) is 10.6. The van der Waals surface area contributed by atoms with Crippen molar-refractivity contribution in [3.63, 3.8) is 0 Å². The number of pyridine rings is 1. The van der Waals surface area contributed by atoms with Crippen LogP contribution in [0.2, 0.25) is 0 Å². The van der Waals surface area contributed by atoms with E-state index in [0.717, 1.165) is 16.9 Å². The molecular weight excluding hydrogens is 230 g/mol. The molecule has 0 aliphatic rings. The van der Waals surface area contributed by atoms with Crippen molar-refractivity contribution in [2.24, 2.45) is 0 Å². The number of ether oxygens (including phenoxy) is 3. The van der Waals surface area contributed by atoms with E-state index < -0.39 is 0 Å². The van der Waals surface area contributed by atoms with Gasteiger partial charge in [-0.3, -0.25) is 4.98 Å². The van der Waals surface area contributed by atoms with Crippen molar-refractivity contribution < 1.29 is 14.2 Å². The van der Waals surface area contributed by atoms with E-state index in [1.54, 1.807) is 33.7 Å². The number of nitrogens with zero attached hydrogens (tertiary/aromatic N) is 1. The zero-order valence-electron chi connectivity index (χ0n) is 10.6. The Morgan fingerprint density at radius 2 is 1.56 bits per heavy atom. The van der Waals surface area contributed by atoms with Crippen LogP contribution >= 0.6 is 0 Å². The number of hydrogen-bond donors (Lipinski definition) is 0. The Kier molecular flexibility index (Phi) is 3.67. The number of aromatic nitrogens is 1. The van der Waals surface area contributed by atoms with Crippen molar-refractivity contribution in [3.05, 3.63) is 36.7 Å². The van der Waals surface area contributed by atoms with Crippen molar-refractivity contribution in [1.29, 1.82) is 0 Å². The molecule has 0 fully saturated rings. The number of rotatable bonds is 4. The van der Waals surface area contributed by atoms with Crippen LogP contribution in [0.3, 0.4) is 0 Å². The summed E-state index contributed by atoms with van der Waals surface area (Å²) in [6, 6.07) is 7.64. The summed E-state index contributed by atoms with van der Waals surface area (Å²) >= 11 is 0. The standard InChI is InChI=1S/C14H15NO3/c1-16-12-5-4-10(8-13(12)17-2)11-6-7-15-9-14(11)18-3/h4-9H,1-3H3. The molecule has 1 aromatic heterocycles. The molecule has 94 valence electrons. The van der Waals surface area contributed by atoms with E-state index in [2.05, 4.69) is 4.98 Å². The molecule has 0 saturated carbocycles. The van der Waals surface area contributed by atoms with E-state index in [0.29, 0.717) is 11.5 Å². The summed E-state index contributed by atoms with van der Waals surface area (Å²) in [7, 11) is 4.86. The highest BCUT2D eigenvalue weighted by molar-refractivity contribution is 5.72. The summed E-state index contributed by atoms with van der Waals surface area (Å²) in [6.07, 6.45) is 3.42. The lowest BCUT2D eigenvalue weighted by Gasteiger charge is -2.11. The predicted octanol–water partition coefficient (Wildman–Crippen LogP) is 2.77. The molecule has 0 saturated heterocycles. The van der Waals surface area contributed by atoms with E-state index in [1.165, 1.54) is 0 Å². The lowest BCUT2D eigenvalue weighted by molar-refractivity contribution is 0.355. The Labute approximate surface area is 106 Å². The van der Waals surface area contributed by atoms with Crippen molar-refractivity contribution in [2.45, 2.75) is 0 Å². The van der Waals surface area contributed by atoms with Crippen LogP contribution < -0.4 is 14.2 Å². The van der Waals surface area contributed by atoms with E-state index in [-0.39, 0.29) is 0 Å². The van der Waals surface area contributed by atoms with Crippen LogP contribution in [0.1, 0.15) is 0 Å². The Balaban J connectivity index is 2.51. The molecule has 0 radical (unpaired) electrons. The SMILES string of the molecule is COc1ccc(-c2ccncc2OC)cc1OC. The normalized spacial score (nSPS) is 9.94. The van der Waals surface area contributed by atoms with Gasteiger partial charge in [0.2, 0.25) is 0 Å². The largest absolute Gasteiger partial charge is 0.494 e. The highest BCUT2D eigenvalue weighted by Gasteiger charge is 2.09. The maximum absolute atomic E-state index is 5.30. The molecule has 2 aromatic rings. The molecule has 0 bridgehead atoms. The maximum atomic E-state index is 5.30. The van der Waals surface area contributed by atoms with Crippen molar-refractivity contribution in [1.82, 2.24) is 4.98 Å². The molecule has 2 rings (SSSR count). The maximum Gasteiger partial charge on any atom is 0.161 e. The first-order valence-electron chi connectivity index (χ1n) is 5.50. The monoisotopic (exact) mass is 245 g/mol. The Hall–Kier alpha value is -2.23. The molecule has 18 heavy (non-hydrogen) atoms. The van der Waals surface area contributed by atoms with E-state index >= 15 is 0 Å². The Morgan fingerprint density at radius 1 is 0.833 bits per heavy atom. The van der Waals surface area contributed by atoms with Crippen molar-refractivity contribution >= 4 is 0 Å². The zero-order chi connectivity index (χ0) is 13.0. The Morgan fingerprint density at radius 3 is 2.22 bits per heavy atom. The molecule has 4 heteroatoms. The second-order valence-corrected chi connectivity index (χ2v) is 3.65. The minimum atomic E-state index is 0.689. The molecule has 0 atom stereocenters. The average molecular weight is 245 g/mol. The fraction of sp³-hybridized carbons (Fsp3) is 0.214. The van der Waals surface area contributed by atoms with Gasteiger partial charge in [0.15, 0.2) is 11.5 Å². The van der Waals surface area contributed by atoms with Gasteiger partial charge in [0, 0.05) is 11.8 Å². The van der Waals surface area contributed by atoms with Crippen LogP contribution in [0, 0.1) is 0 Å². The summed E-state index contributed by atoms with van der Waals surface area (Å²) in [6.45, 7) is 0. The highest BCUT2D eigenvalue weighted by atomic mass is 16.5. The van der Waals surface area contributed by atoms with E-state index in [9.17, 15) is 0 Å². The van der Waals surface area contributed by atoms with E-state index in [1.807, 2.05) is 24.3 Å². The second-order valence-electron chi connectivity index (χ2n) is 3.65. The molecule has 0 amide bonds. The molecule has 4 nitrogen and oxygen atoms in total. The molecular formula is C14H15NO3. The lowest BCUT2D eigenvalue weighted by atomic mass is 10.1. The first-order valence-corrected chi connectivity index (χ1v) is 5.50. The fourth-order valence-electron chi connectivity index (χ4n) is 1.78. The molecule has 0 spiro atoms. The van der Waals surface area contributed by atoms with Crippen LogP contribution in [0.25, 0.3) is 11.1 Å². The second kappa shape index (κ2) is 5.40. The van der Waals surface area contributed by atoms with Gasteiger partial charge in [-0.25, -0.2) is 0 Å². The first-order chi connectivity index (χ1) is 8.80. The third kappa shape index (κ3) is 2.22. The predicted molar refractivity (Wildman–Crippen MR) is 69.3 cm³/mol. The van der Waals surface area contributed by atoms with Crippen LogP contribution in [0.4, 0.5) is 0 Å². The van der Waals surface area contributed by atoms with Gasteiger partial charge in [0.05, 0.1) is 27.5 Å². The summed E-state index contributed by atoms with van der Waals surface area (Å²) < 4.78 is 15.8. The summed E-state index contributed by atoms with van der Waals surface area (Å²) in [5.74, 6) is 2.12. The fourth-order valence-corrected chi connectivity index (χ4v) is 1.78. The van der Waals surface area contributed by atoms with Gasteiger partial charge >= 0.3 is 0 Å². The van der Waals surface area contributed by atoms with Gasteiger partial charge in [-0.05, 0) is 23.8 Å². The summed E-state index contributed by atoms with van der Waals surface area (Å²) in [4.78, 5) is 4.04. The lowest BCUT2D eigenvalue weighted by Crippen LogP contribution is -1.92. The number of benzene rings is 1. The minimum absolute atomic E-state index is 0.689. The van der Waals surface area contributed by atoms with Crippen LogP contribution in [0.15, 0.2) is 36.7 Å². The minimum Gasteiger partial charge on any atom is -0.494 e. The van der Waals surface area contributed by atoms with Crippen LogP contribution in [-0.2, 0) is 0 Å². The summed E-state index contributed by atoms with van der Waals surface area (Å²) in [5, 5.41) is 0. The van der Waals surface area contributed by atoms with Gasteiger partial charge in [0.1, 0.15) is 5.75 Å². The van der Waals surface area contributed by atoms with Gasteiger partial charge in [-0.2, -0.15) is 0 Å². The average Bonchev–Trinajstić information content (AvgIpc) is 2.46. The van der Waals surface area contributed by atoms with Crippen LogP contribution in [-0.4, -0.2) is 26.3 Å². The molecule has 1 heterocycles. The molecule has 0 unspecified atom stereocenters. The summed E-state index contributed by atoms with van der Waals surface area (Å²) in [5.41, 5.74) is 1.96. The van der Waals surface area contributed by atoms with E-state index in [4.69, 9.17) is 14.2 Å². The van der Waals surface area contributed by atoms with Gasteiger partial charge in [0.25, 0.3) is 0 Å². The smallest absolute Gasteiger partial charge is 0.161 e. The quantitative estimate of drug-likeness (QED) is 0.830. The highest BCUT2D eigenvalue weighted by Crippen LogP contribution is 2.35. The third-order valence-electron chi connectivity index (χ3n) is 2.70. The van der Waals surface area contributed by atoms with Crippen molar-refractivity contribution in [3.8, 4) is 28.4 Å². The van der Waals surface area contributed by atoms with Gasteiger partial charge < -0.3 is 14.2 Å². The molecule has 0 aliphatic carbocycles. The molecule has 0 N–H and O–H groups in total. The topological polar surface area (TPSA) is 40.6 Å². The molecule has 0 aliphatic heterocycles. The first kappa shape index (κ1) is 12.2. The van der Waals surface area contributed by atoms with Gasteiger partial charge in [-0.1, -0.05) is 6.07 Å². The number of methoxy groups -OCH3 is 3. The van der Waals surface area contributed by atoms with Crippen LogP contribution in [0.5, 0.6) is 17.2 Å². The van der Waals surface area contributed by atoms with Gasteiger partial charge in [-0.15, -0.1) is 0 Å². The third-order valence-corrected chi connectivity index (χ3v) is 2.70. The molecule has 1 aromatic carbocycles.